The lowest BCUT2D eigenvalue weighted by atomic mass is 10.7. The van der Waals surface area contributed by atoms with Gasteiger partial charge in [0.1, 0.15) is 0 Å². The van der Waals surface area contributed by atoms with Gasteiger partial charge in [-0.2, -0.15) is 4.68 Å². The van der Waals surface area contributed by atoms with E-state index in [1.807, 2.05) is 0 Å². The molecule has 1 aromatic rings. The Bertz CT molecular complexity index is 298. The van der Waals surface area contributed by atoms with Gasteiger partial charge in [-0.1, -0.05) is 0 Å². The summed E-state index contributed by atoms with van der Waals surface area (Å²) >= 11 is 2.96. The van der Waals surface area contributed by atoms with Gasteiger partial charge >= 0.3 is 5.95 Å². The second-order valence-electron chi connectivity index (χ2n) is 1.88. The van der Waals surface area contributed by atoms with Crippen molar-refractivity contribution in [3.05, 3.63) is 14.8 Å². The molecule has 0 saturated heterocycles. The predicted octanol–water partition coefficient (Wildman–Crippen LogP) is -0.0589. The summed E-state index contributed by atoms with van der Waals surface area (Å²) in [5, 5.41) is 22.2. The van der Waals surface area contributed by atoms with E-state index in [0.29, 0.717) is 0 Å². The number of halogens is 1. The lowest BCUT2D eigenvalue weighted by molar-refractivity contribution is -0.394. The maximum absolute atomic E-state index is 10.2. The predicted molar refractivity (Wildman–Crippen MR) is 41.5 cm³/mol. The average molecular weight is 237 g/mol. The Morgan fingerprint density at radius 1 is 1.75 bits per heavy atom. The molecule has 0 bridgehead atoms. The zero-order valence-corrected chi connectivity index (χ0v) is 7.43. The summed E-state index contributed by atoms with van der Waals surface area (Å²) in [6, 6.07) is 0. The number of aliphatic hydroxyl groups excluding tert-OH is 1. The molecule has 1 heterocycles. The zero-order chi connectivity index (χ0) is 9.14. The molecule has 0 unspecified atom stereocenters. The molecule has 0 atom stereocenters. The number of nitrogens with zero attached hydrogens (tertiary/aromatic N) is 4. The summed E-state index contributed by atoms with van der Waals surface area (Å²) in [5.74, 6) is -0.477. The Morgan fingerprint density at radius 2 is 2.42 bits per heavy atom. The van der Waals surface area contributed by atoms with E-state index < -0.39 is 10.9 Å². The molecule has 0 fully saturated rings. The van der Waals surface area contributed by atoms with E-state index in [9.17, 15) is 10.1 Å². The van der Waals surface area contributed by atoms with Gasteiger partial charge < -0.3 is 15.2 Å². The molecule has 0 amide bonds. The van der Waals surface area contributed by atoms with Crippen LogP contribution in [0.1, 0.15) is 0 Å². The number of hydrogen-bond donors (Lipinski definition) is 1. The average Bonchev–Trinajstić information content (AvgIpc) is 2.34. The van der Waals surface area contributed by atoms with Crippen molar-refractivity contribution in [3.8, 4) is 0 Å². The van der Waals surface area contributed by atoms with Crippen LogP contribution in [0, 0.1) is 10.1 Å². The van der Waals surface area contributed by atoms with Crippen molar-refractivity contribution in [1.82, 2.24) is 14.8 Å². The van der Waals surface area contributed by atoms with Crippen LogP contribution in [0.15, 0.2) is 4.73 Å². The molecule has 1 aromatic heterocycles. The summed E-state index contributed by atoms with van der Waals surface area (Å²) in [6.07, 6.45) is 0. The highest BCUT2D eigenvalue weighted by atomic mass is 79.9. The van der Waals surface area contributed by atoms with Gasteiger partial charge in [0.2, 0.25) is 0 Å². The van der Waals surface area contributed by atoms with Crippen molar-refractivity contribution in [2.45, 2.75) is 6.54 Å². The van der Waals surface area contributed by atoms with Crippen LogP contribution in [-0.2, 0) is 6.54 Å². The normalized spacial score (nSPS) is 10.2. The Kier molecular flexibility index (Phi) is 2.71. The Morgan fingerprint density at radius 3 is 2.83 bits per heavy atom. The SMILES string of the molecule is O=[N+]([O-])c1nc(Br)n(CCO)n1. The Labute approximate surface area is 75.3 Å². The molecule has 1 rings (SSSR count). The van der Waals surface area contributed by atoms with E-state index in [2.05, 4.69) is 26.0 Å². The molecule has 7 nitrogen and oxygen atoms in total. The highest BCUT2D eigenvalue weighted by Gasteiger charge is 2.18. The van der Waals surface area contributed by atoms with Crippen molar-refractivity contribution in [3.63, 3.8) is 0 Å². The first-order valence-electron chi connectivity index (χ1n) is 3.00. The van der Waals surface area contributed by atoms with Crippen molar-refractivity contribution in [1.29, 1.82) is 0 Å². The van der Waals surface area contributed by atoms with Crippen molar-refractivity contribution in [2.24, 2.45) is 0 Å². The summed E-state index contributed by atoms with van der Waals surface area (Å²) < 4.78 is 1.45. The maximum atomic E-state index is 10.2. The van der Waals surface area contributed by atoms with Gasteiger partial charge in [0.05, 0.1) is 13.2 Å². The van der Waals surface area contributed by atoms with Gasteiger partial charge in [-0.05, 0) is 9.91 Å². The minimum absolute atomic E-state index is 0.140. The van der Waals surface area contributed by atoms with Crippen molar-refractivity contribution >= 4 is 21.9 Å². The molecule has 0 aromatic carbocycles. The molecule has 0 saturated carbocycles. The quantitative estimate of drug-likeness (QED) is 0.587. The molecular formula is C4H5BrN4O3. The molecule has 8 heteroatoms. The molecule has 0 aliphatic carbocycles. The number of rotatable bonds is 3. The van der Waals surface area contributed by atoms with Gasteiger partial charge in [0.25, 0.3) is 4.73 Å². The minimum atomic E-state index is -0.696. The molecule has 0 aliphatic heterocycles. The third kappa shape index (κ3) is 1.77. The molecule has 1 N–H and O–H groups in total. The van der Waals surface area contributed by atoms with Crippen LogP contribution in [0.5, 0.6) is 0 Å². The number of nitro groups is 1. The number of aliphatic hydroxyl groups is 1. The molecule has 0 radical (unpaired) electrons. The van der Waals surface area contributed by atoms with Gasteiger partial charge in [0, 0.05) is 21.0 Å². The van der Waals surface area contributed by atoms with E-state index in [4.69, 9.17) is 5.11 Å². The lowest BCUT2D eigenvalue weighted by Gasteiger charge is -1.89. The topological polar surface area (TPSA) is 94.1 Å². The fourth-order valence-corrected chi connectivity index (χ4v) is 1.04. The molecule has 0 aliphatic rings. The maximum Gasteiger partial charge on any atom is 0.492 e. The fourth-order valence-electron chi connectivity index (χ4n) is 0.626. The first-order valence-corrected chi connectivity index (χ1v) is 3.80. The first kappa shape index (κ1) is 9.07. The third-order valence-electron chi connectivity index (χ3n) is 1.09. The largest absolute Gasteiger partial charge is 0.492 e. The molecular weight excluding hydrogens is 232 g/mol. The van der Waals surface area contributed by atoms with Gasteiger partial charge in [-0.25, -0.2) is 0 Å². The van der Waals surface area contributed by atoms with Crippen LogP contribution in [-0.4, -0.2) is 31.4 Å². The van der Waals surface area contributed by atoms with E-state index in [1.54, 1.807) is 0 Å². The number of hydrogen-bond acceptors (Lipinski definition) is 5. The summed E-state index contributed by atoms with van der Waals surface area (Å²) in [5.41, 5.74) is 0. The number of aromatic nitrogens is 3. The van der Waals surface area contributed by atoms with Gasteiger partial charge in [0.15, 0.2) is 0 Å². The van der Waals surface area contributed by atoms with Gasteiger partial charge in [-0.15, -0.1) is 0 Å². The van der Waals surface area contributed by atoms with Crippen LogP contribution >= 0.6 is 15.9 Å². The first-order chi connectivity index (χ1) is 5.65. The van der Waals surface area contributed by atoms with Crippen molar-refractivity contribution < 1.29 is 10.0 Å². The summed E-state index contributed by atoms with van der Waals surface area (Å²) in [7, 11) is 0. The van der Waals surface area contributed by atoms with E-state index in [-0.39, 0.29) is 17.9 Å². The fraction of sp³-hybridized carbons (Fsp3) is 0.500. The van der Waals surface area contributed by atoms with Crippen LogP contribution in [0.25, 0.3) is 0 Å². The Hall–Kier alpha value is -1.02. The molecule has 12 heavy (non-hydrogen) atoms. The lowest BCUT2D eigenvalue weighted by Crippen LogP contribution is -2.04. The highest BCUT2D eigenvalue weighted by molar-refractivity contribution is 9.10. The van der Waals surface area contributed by atoms with Crippen LogP contribution in [0.3, 0.4) is 0 Å². The second kappa shape index (κ2) is 3.59. The van der Waals surface area contributed by atoms with Crippen molar-refractivity contribution in [2.75, 3.05) is 6.61 Å². The zero-order valence-electron chi connectivity index (χ0n) is 5.84. The Balaban J connectivity index is 2.92. The van der Waals surface area contributed by atoms with Crippen LogP contribution in [0.4, 0.5) is 5.95 Å². The van der Waals surface area contributed by atoms with Crippen LogP contribution in [0.2, 0.25) is 0 Å². The minimum Gasteiger partial charge on any atom is -0.394 e. The summed E-state index contributed by atoms with van der Waals surface area (Å²) in [6.45, 7) is 0.0422. The van der Waals surface area contributed by atoms with E-state index in [0.717, 1.165) is 0 Å². The second-order valence-corrected chi connectivity index (χ2v) is 2.59. The molecule has 66 valence electrons. The standard InChI is InChI=1S/C4H5BrN4O3/c5-3-6-4(9(11)12)7-8(3)1-2-10/h10H,1-2H2. The third-order valence-corrected chi connectivity index (χ3v) is 1.68. The van der Waals surface area contributed by atoms with E-state index >= 15 is 0 Å². The van der Waals surface area contributed by atoms with Crippen LogP contribution < -0.4 is 0 Å². The smallest absolute Gasteiger partial charge is 0.394 e. The van der Waals surface area contributed by atoms with E-state index in [1.165, 1.54) is 4.68 Å². The molecule has 0 spiro atoms. The van der Waals surface area contributed by atoms with Gasteiger partial charge in [-0.3, -0.25) is 0 Å². The summed E-state index contributed by atoms with van der Waals surface area (Å²) in [4.78, 5) is 12.9. The highest BCUT2D eigenvalue weighted by Crippen LogP contribution is 2.11. The monoisotopic (exact) mass is 236 g/mol.